The number of hydrogen-bond acceptors (Lipinski definition) is 0. The summed E-state index contributed by atoms with van der Waals surface area (Å²) in [5.74, 6) is -0.545. The van der Waals surface area contributed by atoms with Crippen molar-refractivity contribution in [1.82, 2.24) is 0 Å². The van der Waals surface area contributed by atoms with Crippen molar-refractivity contribution in [3.8, 4) is 0 Å². The van der Waals surface area contributed by atoms with Crippen LogP contribution in [0.25, 0.3) is 0 Å². The quantitative estimate of drug-likeness (QED) is 0.662. The highest BCUT2D eigenvalue weighted by atomic mass is 35.5. The molecule has 0 spiro atoms. The van der Waals surface area contributed by atoms with Crippen LogP contribution < -0.4 is 0 Å². The Morgan fingerprint density at radius 3 is 1.89 bits per heavy atom. The molecule has 100 valence electrons. The van der Waals surface area contributed by atoms with Gasteiger partial charge in [-0.15, -0.1) is 11.6 Å². The zero-order valence-corrected chi connectivity index (χ0v) is 11.9. The van der Waals surface area contributed by atoms with Gasteiger partial charge in [-0.1, -0.05) is 6.07 Å². The van der Waals surface area contributed by atoms with E-state index in [9.17, 15) is 8.78 Å². The Labute approximate surface area is 117 Å². The minimum atomic E-state index is -0.402. The summed E-state index contributed by atoms with van der Waals surface area (Å²) in [6.07, 6.45) is 0. The lowest BCUT2D eigenvalue weighted by Crippen LogP contribution is -2.02. The van der Waals surface area contributed by atoms with Gasteiger partial charge in [0.1, 0.15) is 11.6 Å². The molecule has 0 N–H and O–H groups in total. The molecule has 1 unspecified atom stereocenters. The van der Waals surface area contributed by atoms with Gasteiger partial charge in [0.05, 0.1) is 5.38 Å². The predicted molar refractivity (Wildman–Crippen MR) is 74.7 cm³/mol. The molecule has 0 aromatic heterocycles. The van der Waals surface area contributed by atoms with Crippen LogP contribution in [-0.2, 0) is 0 Å². The van der Waals surface area contributed by atoms with Crippen LogP contribution in [0, 0.1) is 32.4 Å². The van der Waals surface area contributed by atoms with Gasteiger partial charge in [0, 0.05) is 0 Å². The highest BCUT2D eigenvalue weighted by molar-refractivity contribution is 6.23. The van der Waals surface area contributed by atoms with E-state index in [-0.39, 0.29) is 11.6 Å². The van der Waals surface area contributed by atoms with Crippen LogP contribution in [0.15, 0.2) is 30.3 Å². The average molecular weight is 281 g/mol. The van der Waals surface area contributed by atoms with Crippen molar-refractivity contribution in [3.05, 3.63) is 69.8 Å². The molecule has 3 heteroatoms. The molecule has 0 amide bonds. The molecule has 0 saturated heterocycles. The second kappa shape index (κ2) is 5.30. The summed E-state index contributed by atoms with van der Waals surface area (Å²) in [6.45, 7) is 5.49. The number of hydrogen-bond donors (Lipinski definition) is 0. The number of benzene rings is 2. The smallest absolute Gasteiger partial charge is 0.123 e. The molecule has 0 nitrogen and oxygen atoms in total. The fourth-order valence-corrected chi connectivity index (χ4v) is 2.99. The number of rotatable bonds is 2. The van der Waals surface area contributed by atoms with Crippen LogP contribution in [0.3, 0.4) is 0 Å². The van der Waals surface area contributed by atoms with E-state index in [2.05, 4.69) is 0 Å². The Bertz CT molecular complexity index is 597. The van der Waals surface area contributed by atoms with Crippen molar-refractivity contribution in [2.45, 2.75) is 26.1 Å². The maximum atomic E-state index is 13.3. The van der Waals surface area contributed by atoms with E-state index in [4.69, 9.17) is 11.6 Å². The zero-order chi connectivity index (χ0) is 14.2. The van der Waals surface area contributed by atoms with Gasteiger partial charge >= 0.3 is 0 Å². The molecule has 1 atom stereocenters. The van der Waals surface area contributed by atoms with E-state index >= 15 is 0 Å². The van der Waals surface area contributed by atoms with Crippen LogP contribution >= 0.6 is 11.6 Å². The Morgan fingerprint density at radius 2 is 1.37 bits per heavy atom. The fourth-order valence-electron chi connectivity index (χ4n) is 2.40. The first kappa shape index (κ1) is 14.0. The summed E-state index contributed by atoms with van der Waals surface area (Å²) in [4.78, 5) is 0. The summed E-state index contributed by atoms with van der Waals surface area (Å²) in [5, 5.41) is -0.402. The van der Waals surface area contributed by atoms with Gasteiger partial charge in [-0.2, -0.15) is 0 Å². The van der Waals surface area contributed by atoms with Crippen molar-refractivity contribution in [3.63, 3.8) is 0 Å². The normalized spacial score (nSPS) is 12.5. The van der Waals surface area contributed by atoms with E-state index in [1.807, 2.05) is 20.8 Å². The fraction of sp³-hybridized carbons (Fsp3) is 0.250. The summed E-state index contributed by atoms with van der Waals surface area (Å²) < 4.78 is 26.4. The molecule has 0 aliphatic heterocycles. The van der Waals surface area contributed by atoms with Gasteiger partial charge in [0.2, 0.25) is 0 Å². The molecule has 0 bridgehead atoms. The third-order valence-electron chi connectivity index (χ3n) is 3.32. The first-order chi connectivity index (χ1) is 8.90. The van der Waals surface area contributed by atoms with Crippen LogP contribution in [0.4, 0.5) is 8.78 Å². The minimum Gasteiger partial charge on any atom is -0.207 e. The Hall–Kier alpha value is -1.41. The standard InChI is InChI=1S/C16H15ClF2/c1-9-6-12(18)4-5-14(9)16(17)15-10(2)7-13(19)8-11(15)3/h4-8,16H,1-3H3. The largest absolute Gasteiger partial charge is 0.207 e. The maximum absolute atomic E-state index is 13.3. The topological polar surface area (TPSA) is 0 Å². The van der Waals surface area contributed by atoms with Crippen molar-refractivity contribution < 1.29 is 8.78 Å². The van der Waals surface area contributed by atoms with Gasteiger partial charge in [-0.3, -0.25) is 0 Å². The van der Waals surface area contributed by atoms with Crippen LogP contribution in [-0.4, -0.2) is 0 Å². The Kier molecular flexibility index (Phi) is 3.91. The molecule has 2 aromatic rings. The molecule has 0 heterocycles. The maximum Gasteiger partial charge on any atom is 0.123 e. The van der Waals surface area contributed by atoms with Crippen LogP contribution in [0.1, 0.15) is 33.2 Å². The highest BCUT2D eigenvalue weighted by Gasteiger charge is 2.18. The van der Waals surface area contributed by atoms with Crippen molar-refractivity contribution >= 4 is 11.6 Å². The molecular formula is C16H15ClF2. The van der Waals surface area contributed by atoms with Gasteiger partial charge in [-0.25, -0.2) is 8.78 Å². The molecule has 0 radical (unpaired) electrons. The lowest BCUT2D eigenvalue weighted by molar-refractivity contribution is 0.624. The van der Waals surface area contributed by atoms with E-state index < -0.39 is 5.38 Å². The van der Waals surface area contributed by atoms with E-state index in [0.717, 1.165) is 27.8 Å². The van der Waals surface area contributed by atoms with Crippen molar-refractivity contribution in [1.29, 1.82) is 0 Å². The Balaban J connectivity index is 2.53. The van der Waals surface area contributed by atoms with Crippen LogP contribution in [0.5, 0.6) is 0 Å². The Morgan fingerprint density at radius 1 is 0.842 bits per heavy atom. The lowest BCUT2D eigenvalue weighted by Gasteiger charge is -2.18. The van der Waals surface area contributed by atoms with E-state index in [0.29, 0.717) is 0 Å². The van der Waals surface area contributed by atoms with Crippen molar-refractivity contribution in [2.24, 2.45) is 0 Å². The first-order valence-electron chi connectivity index (χ1n) is 6.07. The number of alkyl halides is 1. The molecule has 19 heavy (non-hydrogen) atoms. The monoisotopic (exact) mass is 280 g/mol. The predicted octanol–water partition coefficient (Wildman–Crippen LogP) is 5.22. The van der Waals surface area contributed by atoms with Gasteiger partial charge in [0.25, 0.3) is 0 Å². The van der Waals surface area contributed by atoms with Gasteiger partial charge in [0.15, 0.2) is 0 Å². The van der Waals surface area contributed by atoms with Crippen molar-refractivity contribution in [2.75, 3.05) is 0 Å². The minimum absolute atomic E-state index is 0.265. The molecule has 0 aliphatic rings. The lowest BCUT2D eigenvalue weighted by atomic mass is 9.93. The summed E-state index contributed by atoms with van der Waals surface area (Å²) in [5.41, 5.74) is 4.14. The summed E-state index contributed by atoms with van der Waals surface area (Å²) in [6, 6.07) is 7.47. The third kappa shape index (κ3) is 2.79. The summed E-state index contributed by atoms with van der Waals surface area (Å²) in [7, 11) is 0. The molecule has 2 rings (SSSR count). The molecular weight excluding hydrogens is 266 g/mol. The highest BCUT2D eigenvalue weighted by Crippen LogP contribution is 2.35. The SMILES string of the molecule is Cc1cc(F)ccc1C(Cl)c1c(C)cc(F)cc1C. The first-order valence-corrected chi connectivity index (χ1v) is 6.50. The molecule has 2 aromatic carbocycles. The number of aryl methyl sites for hydroxylation is 3. The van der Waals surface area contributed by atoms with Gasteiger partial charge in [-0.05, 0) is 72.9 Å². The average Bonchev–Trinajstić information content (AvgIpc) is 2.26. The molecule has 0 fully saturated rings. The second-order valence-corrected chi connectivity index (χ2v) is 5.25. The number of halogens is 3. The van der Waals surface area contributed by atoms with Gasteiger partial charge < -0.3 is 0 Å². The van der Waals surface area contributed by atoms with E-state index in [1.54, 1.807) is 6.07 Å². The second-order valence-electron chi connectivity index (χ2n) is 4.82. The summed E-state index contributed by atoms with van der Waals surface area (Å²) >= 11 is 6.51. The molecule has 0 aliphatic carbocycles. The zero-order valence-electron chi connectivity index (χ0n) is 11.1. The van der Waals surface area contributed by atoms with Crippen LogP contribution in [0.2, 0.25) is 0 Å². The molecule has 0 saturated carbocycles. The third-order valence-corrected chi connectivity index (χ3v) is 3.77. The van der Waals surface area contributed by atoms with E-state index in [1.165, 1.54) is 24.3 Å².